The van der Waals surface area contributed by atoms with E-state index in [9.17, 15) is 13.6 Å². The minimum Gasteiger partial charge on any atom is -0.481 e. The van der Waals surface area contributed by atoms with Gasteiger partial charge in [0.05, 0.1) is 0 Å². The largest absolute Gasteiger partial charge is 0.481 e. The van der Waals surface area contributed by atoms with Crippen LogP contribution in [0.2, 0.25) is 0 Å². The molecule has 0 saturated heterocycles. The van der Waals surface area contributed by atoms with Crippen molar-refractivity contribution in [2.24, 2.45) is 0 Å². The molecule has 6 heteroatoms. The number of hydrogen-bond donors (Lipinski definition) is 1. The summed E-state index contributed by atoms with van der Waals surface area (Å²) < 4.78 is 25.8. The van der Waals surface area contributed by atoms with Crippen LogP contribution in [0.25, 0.3) is 0 Å². The Kier molecular flexibility index (Phi) is 2.50. The van der Waals surface area contributed by atoms with Gasteiger partial charge < -0.3 is 5.11 Å². The minimum atomic E-state index is -3.51. The van der Waals surface area contributed by atoms with Gasteiger partial charge in [0.1, 0.15) is 6.42 Å². The van der Waals surface area contributed by atoms with E-state index in [0.717, 1.165) is 12.4 Å². The van der Waals surface area contributed by atoms with Crippen LogP contribution < -0.4 is 0 Å². The lowest BCUT2D eigenvalue weighted by Gasteiger charge is -2.10. The molecule has 1 heterocycles. The van der Waals surface area contributed by atoms with Gasteiger partial charge in [0.25, 0.3) is 0 Å². The molecule has 0 saturated carbocycles. The van der Waals surface area contributed by atoms with Crippen LogP contribution in [0.4, 0.5) is 8.78 Å². The molecule has 1 aromatic heterocycles. The number of halogens is 2. The monoisotopic (exact) mass is 188 g/mol. The summed E-state index contributed by atoms with van der Waals surface area (Å²) in [5.74, 6) is -5.86. The zero-order valence-electron chi connectivity index (χ0n) is 6.44. The first-order chi connectivity index (χ1) is 6.02. The van der Waals surface area contributed by atoms with E-state index in [1.807, 2.05) is 0 Å². The molecule has 0 amide bonds. The van der Waals surface area contributed by atoms with Crippen LogP contribution in [0.15, 0.2) is 18.5 Å². The van der Waals surface area contributed by atoms with Crippen molar-refractivity contribution in [1.82, 2.24) is 9.97 Å². The van der Waals surface area contributed by atoms with Crippen molar-refractivity contribution < 1.29 is 18.7 Å². The molecule has 13 heavy (non-hydrogen) atoms. The standard InChI is InChI=1S/C7H6F2N2O2/c8-7(9,4-5(12)13)6-10-2-1-3-11-6/h1-3H,4H2,(H,12,13). The lowest BCUT2D eigenvalue weighted by molar-refractivity contribution is -0.146. The van der Waals surface area contributed by atoms with E-state index in [-0.39, 0.29) is 0 Å². The SMILES string of the molecule is O=C(O)CC(F)(F)c1ncccn1. The van der Waals surface area contributed by atoms with E-state index in [4.69, 9.17) is 5.11 Å². The van der Waals surface area contributed by atoms with Gasteiger partial charge in [-0.2, -0.15) is 8.78 Å². The Morgan fingerprint density at radius 1 is 1.46 bits per heavy atom. The second-order valence-electron chi connectivity index (χ2n) is 2.35. The number of alkyl halides is 2. The maximum absolute atomic E-state index is 12.9. The normalized spacial score (nSPS) is 11.2. The van der Waals surface area contributed by atoms with Gasteiger partial charge in [0.15, 0.2) is 5.82 Å². The Morgan fingerprint density at radius 3 is 2.46 bits per heavy atom. The van der Waals surface area contributed by atoms with E-state index in [2.05, 4.69) is 9.97 Å². The predicted octanol–water partition coefficient (Wildman–Crippen LogP) is 1.04. The summed E-state index contributed by atoms with van der Waals surface area (Å²) in [5.41, 5.74) is 0. The molecule has 1 aromatic rings. The number of aliphatic carboxylic acids is 1. The summed E-state index contributed by atoms with van der Waals surface area (Å²) in [6, 6.07) is 1.38. The minimum absolute atomic E-state index is 0.766. The van der Waals surface area contributed by atoms with Crippen molar-refractivity contribution in [3.63, 3.8) is 0 Å². The molecule has 4 nitrogen and oxygen atoms in total. The summed E-state index contributed by atoms with van der Waals surface area (Å²) in [7, 11) is 0. The number of carboxylic acid groups (broad SMARTS) is 1. The van der Waals surface area contributed by atoms with Gasteiger partial charge in [0, 0.05) is 12.4 Å². The van der Waals surface area contributed by atoms with Gasteiger partial charge in [-0.1, -0.05) is 0 Å². The lowest BCUT2D eigenvalue weighted by Crippen LogP contribution is -2.21. The first-order valence-corrected chi connectivity index (χ1v) is 3.39. The molecule has 1 rings (SSSR count). The zero-order valence-corrected chi connectivity index (χ0v) is 6.44. The summed E-state index contributed by atoms with van der Waals surface area (Å²) >= 11 is 0. The van der Waals surface area contributed by atoms with Crippen LogP contribution in [-0.4, -0.2) is 21.0 Å². The fraction of sp³-hybridized carbons (Fsp3) is 0.286. The van der Waals surface area contributed by atoms with Crippen molar-refractivity contribution in [2.75, 3.05) is 0 Å². The molecule has 0 bridgehead atoms. The highest BCUT2D eigenvalue weighted by Crippen LogP contribution is 2.27. The molecule has 0 aromatic carbocycles. The van der Waals surface area contributed by atoms with Gasteiger partial charge >= 0.3 is 11.9 Å². The third-order valence-electron chi connectivity index (χ3n) is 1.27. The quantitative estimate of drug-likeness (QED) is 0.769. The van der Waals surface area contributed by atoms with E-state index >= 15 is 0 Å². The summed E-state index contributed by atoms with van der Waals surface area (Å²) in [5, 5.41) is 8.17. The molecule has 70 valence electrons. The van der Waals surface area contributed by atoms with Crippen molar-refractivity contribution >= 4 is 5.97 Å². The second kappa shape index (κ2) is 3.42. The third-order valence-corrected chi connectivity index (χ3v) is 1.27. The van der Waals surface area contributed by atoms with E-state index < -0.39 is 24.1 Å². The Morgan fingerprint density at radius 2 is 2.00 bits per heavy atom. The molecule has 0 radical (unpaired) electrons. The third kappa shape index (κ3) is 2.43. The molecule has 0 aliphatic carbocycles. The zero-order chi connectivity index (χ0) is 9.90. The van der Waals surface area contributed by atoms with E-state index in [1.54, 1.807) is 0 Å². The molecule has 0 aliphatic rings. The van der Waals surface area contributed by atoms with Gasteiger partial charge in [-0.05, 0) is 6.07 Å². The number of carbonyl (C=O) groups is 1. The summed E-state index contributed by atoms with van der Waals surface area (Å²) in [6.45, 7) is 0. The highest BCUT2D eigenvalue weighted by Gasteiger charge is 2.37. The number of hydrogen-bond acceptors (Lipinski definition) is 3. The van der Waals surface area contributed by atoms with Crippen molar-refractivity contribution in [3.05, 3.63) is 24.3 Å². The van der Waals surface area contributed by atoms with Gasteiger partial charge in [-0.15, -0.1) is 0 Å². The fourth-order valence-corrected chi connectivity index (χ4v) is 0.757. The van der Waals surface area contributed by atoms with Gasteiger partial charge in [-0.25, -0.2) is 9.97 Å². The van der Waals surface area contributed by atoms with Crippen LogP contribution in [0, 0.1) is 0 Å². The van der Waals surface area contributed by atoms with Crippen LogP contribution in [0.3, 0.4) is 0 Å². The summed E-state index contributed by atoms with van der Waals surface area (Å²) in [6.07, 6.45) is 0.979. The molecule has 1 N–H and O–H groups in total. The number of nitrogens with zero attached hydrogens (tertiary/aromatic N) is 2. The molecule has 0 atom stereocenters. The summed E-state index contributed by atoms with van der Waals surface area (Å²) in [4.78, 5) is 16.6. The Hall–Kier alpha value is -1.59. The Bertz CT molecular complexity index is 303. The molecular formula is C7H6F2N2O2. The predicted molar refractivity (Wildman–Crippen MR) is 38.2 cm³/mol. The van der Waals surface area contributed by atoms with Crippen LogP contribution in [-0.2, 0) is 10.7 Å². The van der Waals surface area contributed by atoms with Gasteiger partial charge in [0.2, 0.25) is 0 Å². The van der Waals surface area contributed by atoms with Gasteiger partial charge in [-0.3, -0.25) is 4.79 Å². The molecular weight excluding hydrogens is 182 g/mol. The number of aromatic nitrogens is 2. The maximum Gasteiger partial charge on any atom is 0.316 e. The average molecular weight is 188 g/mol. The molecule has 0 spiro atoms. The molecule has 0 fully saturated rings. The van der Waals surface area contributed by atoms with E-state index in [1.165, 1.54) is 6.07 Å². The highest BCUT2D eigenvalue weighted by atomic mass is 19.3. The first kappa shape index (κ1) is 9.50. The topological polar surface area (TPSA) is 63.1 Å². The molecule has 0 unspecified atom stereocenters. The van der Waals surface area contributed by atoms with Crippen LogP contribution in [0.1, 0.15) is 12.2 Å². The fourth-order valence-electron chi connectivity index (χ4n) is 0.757. The number of carboxylic acids is 1. The van der Waals surface area contributed by atoms with Crippen LogP contribution >= 0.6 is 0 Å². The second-order valence-corrected chi connectivity index (χ2v) is 2.35. The van der Waals surface area contributed by atoms with Crippen LogP contribution in [0.5, 0.6) is 0 Å². The maximum atomic E-state index is 12.9. The Balaban J connectivity index is 2.87. The van der Waals surface area contributed by atoms with Crippen molar-refractivity contribution in [2.45, 2.75) is 12.3 Å². The Labute approximate surface area is 72.3 Å². The number of rotatable bonds is 3. The first-order valence-electron chi connectivity index (χ1n) is 3.39. The average Bonchev–Trinajstić information content (AvgIpc) is 2.04. The van der Waals surface area contributed by atoms with Crippen molar-refractivity contribution in [3.8, 4) is 0 Å². The molecule has 0 aliphatic heterocycles. The smallest absolute Gasteiger partial charge is 0.316 e. The highest BCUT2D eigenvalue weighted by molar-refractivity contribution is 5.67. The lowest BCUT2D eigenvalue weighted by atomic mass is 10.2. The van der Waals surface area contributed by atoms with E-state index in [0.29, 0.717) is 0 Å². The van der Waals surface area contributed by atoms with Crippen molar-refractivity contribution in [1.29, 1.82) is 0 Å².